The van der Waals surface area contributed by atoms with Crippen molar-refractivity contribution in [3.05, 3.63) is 0 Å². The summed E-state index contributed by atoms with van der Waals surface area (Å²) >= 11 is 2.49. The van der Waals surface area contributed by atoms with Crippen LogP contribution in [0.3, 0.4) is 0 Å². The van der Waals surface area contributed by atoms with Gasteiger partial charge in [-0.25, -0.2) is 4.79 Å². The molecule has 1 saturated carbocycles. The van der Waals surface area contributed by atoms with Gasteiger partial charge in [0.2, 0.25) is 0 Å². The van der Waals surface area contributed by atoms with E-state index in [0.29, 0.717) is 5.41 Å². The summed E-state index contributed by atoms with van der Waals surface area (Å²) in [6.07, 6.45) is 4.03. The zero-order valence-electron chi connectivity index (χ0n) is 7.50. The Hall–Kier alpha value is 0. The van der Waals surface area contributed by atoms with Crippen LogP contribution in [0.1, 0.15) is 25.7 Å². The average Bonchev–Trinajstić information content (AvgIpc) is 2.03. The van der Waals surface area contributed by atoms with Crippen LogP contribution in [0.15, 0.2) is 0 Å². The van der Waals surface area contributed by atoms with Crippen LogP contribution in [0.5, 0.6) is 0 Å². The first-order valence-corrected chi connectivity index (χ1v) is 5.98. The van der Waals surface area contributed by atoms with Crippen molar-refractivity contribution in [3.8, 4) is 0 Å². The topological polar surface area (TPSA) is 40.5 Å². The minimum Gasteiger partial charge on any atom is -0.465 e. The highest BCUT2D eigenvalue weighted by molar-refractivity contribution is 14.1. The van der Waals surface area contributed by atoms with E-state index in [1.54, 1.807) is 4.90 Å². The standard InChI is InChI=1S/C9H14INO2/c10-7-5-9(6-7)1-3-11(4-2-9)8(12)13/h7H,1-6H2,(H,12,13). The van der Waals surface area contributed by atoms with E-state index in [1.807, 2.05) is 0 Å². The molecule has 13 heavy (non-hydrogen) atoms. The van der Waals surface area contributed by atoms with Gasteiger partial charge in [0.15, 0.2) is 0 Å². The molecular formula is C9H14INO2. The zero-order valence-corrected chi connectivity index (χ0v) is 9.66. The number of alkyl halides is 1. The van der Waals surface area contributed by atoms with Crippen molar-refractivity contribution in [1.82, 2.24) is 4.90 Å². The van der Waals surface area contributed by atoms with Crippen LogP contribution in [0, 0.1) is 5.41 Å². The van der Waals surface area contributed by atoms with Crippen LogP contribution in [-0.2, 0) is 0 Å². The average molecular weight is 295 g/mol. The fourth-order valence-corrected chi connectivity index (χ4v) is 4.33. The van der Waals surface area contributed by atoms with Gasteiger partial charge in [-0.05, 0) is 31.1 Å². The summed E-state index contributed by atoms with van der Waals surface area (Å²) in [6, 6.07) is 0. The number of rotatable bonds is 0. The molecule has 3 nitrogen and oxygen atoms in total. The summed E-state index contributed by atoms with van der Waals surface area (Å²) in [5.74, 6) is 0. The minimum absolute atomic E-state index is 0.526. The van der Waals surface area contributed by atoms with Crippen molar-refractivity contribution < 1.29 is 9.90 Å². The normalized spacial score (nSPS) is 27.3. The Morgan fingerprint density at radius 2 is 1.92 bits per heavy atom. The molecule has 0 aromatic rings. The summed E-state index contributed by atoms with van der Waals surface area (Å²) in [4.78, 5) is 12.2. The lowest BCUT2D eigenvalue weighted by Crippen LogP contribution is -2.48. The monoisotopic (exact) mass is 295 g/mol. The van der Waals surface area contributed by atoms with Gasteiger partial charge >= 0.3 is 6.09 Å². The molecular weight excluding hydrogens is 281 g/mol. The van der Waals surface area contributed by atoms with E-state index in [2.05, 4.69) is 22.6 Å². The molecule has 0 aromatic heterocycles. The molecule has 0 unspecified atom stereocenters. The highest BCUT2D eigenvalue weighted by Gasteiger charge is 2.45. The number of hydrogen-bond acceptors (Lipinski definition) is 1. The lowest BCUT2D eigenvalue weighted by Gasteiger charge is -2.50. The molecule has 1 saturated heterocycles. The van der Waals surface area contributed by atoms with Crippen molar-refractivity contribution in [1.29, 1.82) is 0 Å². The van der Waals surface area contributed by atoms with E-state index < -0.39 is 6.09 Å². The second kappa shape index (κ2) is 3.29. The second-order valence-corrected chi connectivity index (χ2v) is 6.04. The Morgan fingerprint density at radius 1 is 1.38 bits per heavy atom. The van der Waals surface area contributed by atoms with Gasteiger partial charge < -0.3 is 10.0 Å². The third-order valence-corrected chi connectivity index (χ3v) is 4.28. The quantitative estimate of drug-likeness (QED) is 0.550. The molecule has 0 bridgehead atoms. The number of nitrogens with zero attached hydrogens (tertiary/aromatic N) is 1. The summed E-state index contributed by atoms with van der Waals surface area (Å²) in [7, 11) is 0. The number of halogens is 1. The maximum atomic E-state index is 10.7. The summed E-state index contributed by atoms with van der Waals surface area (Å²) in [6.45, 7) is 1.50. The Balaban J connectivity index is 1.86. The predicted molar refractivity (Wildman–Crippen MR) is 58.3 cm³/mol. The molecule has 2 rings (SSSR count). The van der Waals surface area contributed by atoms with E-state index in [1.165, 1.54) is 12.8 Å². The Morgan fingerprint density at radius 3 is 2.31 bits per heavy atom. The maximum absolute atomic E-state index is 10.7. The van der Waals surface area contributed by atoms with Gasteiger partial charge in [0, 0.05) is 17.0 Å². The van der Waals surface area contributed by atoms with Gasteiger partial charge in [-0.3, -0.25) is 0 Å². The first-order valence-electron chi connectivity index (χ1n) is 4.73. The van der Waals surface area contributed by atoms with E-state index >= 15 is 0 Å². The Kier molecular flexibility index (Phi) is 2.42. The highest BCUT2D eigenvalue weighted by Crippen LogP contribution is 2.51. The molecule has 2 fully saturated rings. The minimum atomic E-state index is -0.750. The third kappa shape index (κ3) is 1.78. The van der Waals surface area contributed by atoms with Gasteiger partial charge in [-0.15, -0.1) is 0 Å². The first-order chi connectivity index (χ1) is 6.11. The van der Waals surface area contributed by atoms with Crippen molar-refractivity contribution in [2.24, 2.45) is 5.41 Å². The first kappa shape index (κ1) is 9.55. The van der Waals surface area contributed by atoms with Gasteiger partial charge in [-0.2, -0.15) is 0 Å². The molecule has 2 aliphatic rings. The van der Waals surface area contributed by atoms with E-state index in [-0.39, 0.29) is 0 Å². The molecule has 1 N–H and O–H groups in total. The highest BCUT2D eigenvalue weighted by atomic mass is 127. The number of carbonyl (C=O) groups is 1. The van der Waals surface area contributed by atoms with Crippen LogP contribution < -0.4 is 0 Å². The molecule has 1 heterocycles. The Bertz CT molecular complexity index is 216. The molecule has 4 heteroatoms. The summed E-state index contributed by atoms with van der Waals surface area (Å²) in [5, 5.41) is 8.78. The van der Waals surface area contributed by atoms with Gasteiger partial charge in [0.05, 0.1) is 0 Å². The number of likely N-dealkylation sites (tertiary alicyclic amines) is 1. The predicted octanol–water partition coefficient (Wildman–Crippen LogP) is 2.34. The fraction of sp³-hybridized carbons (Fsp3) is 0.889. The summed E-state index contributed by atoms with van der Waals surface area (Å²) < 4.78 is 0.842. The van der Waals surface area contributed by atoms with E-state index in [0.717, 1.165) is 29.9 Å². The molecule has 0 aromatic carbocycles. The van der Waals surface area contributed by atoms with Gasteiger partial charge in [-0.1, -0.05) is 22.6 Å². The van der Waals surface area contributed by atoms with Crippen molar-refractivity contribution >= 4 is 28.7 Å². The lowest BCUT2D eigenvalue weighted by atomic mass is 9.63. The maximum Gasteiger partial charge on any atom is 0.407 e. The van der Waals surface area contributed by atoms with E-state index in [9.17, 15) is 4.79 Å². The van der Waals surface area contributed by atoms with Crippen LogP contribution in [0.4, 0.5) is 4.79 Å². The fourth-order valence-electron chi connectivity index (χ4n) is 2.46. The molecule has 1 aliphatic carbocycles. The number of hydrogen-bond donors (Lipinski definition) is 1. The number of amides is 1. The van der Waals surface area contributed by atoms with Crippen LogP contribution in [0.25, 0.3) is 0 Å². The van der Waals surface area contributed by atoms with Gasteiger partial charge in [0.25, 0.3) is 0 Å². The molecule has 1 spiro atoms. The molecule has 1 aliphatic heterocycles. The molecule has 74 valence electrons. The molecule has 1 amide bonds. The molecule has 0 radical (unpaired) electrons. The lowest BCUT2D eigenvalue weighted by molar-refractivity contribution is 0.0436. The SMILES string of the molecule is O=C(O)N1CCC2(CC1)CC(I)C2. The smallest absolute Gasteiger partial charge is 0.407 e. The number of carboxylic acid groups (broad SMARTS) is 1. The van der Waals surface area contributed by atoms with Gasteiger partial charge in [0.1, 0.15) is 0 Å². The largest absolute Gasteiger partial charge is 0.465 e. The number of piperidine rings is 1. The van der Waals surface area contributed by atoms with E-state index in [4.69, 9.17) is 5.11 Å². The van der Waals surface area contributed by atoms with Crippen LogP contribution in [-0.4, -0.2) is 33.1 Å². The van der Waals surface area contributed by atoms with Crippen LogP contribution >= 0.6 is 22.6 Å². The van der Waals surface area contributed by atoms with Crippen molar-refractivity contribution in [2.45, 2.75) is 29.6 Å². The van der Waals surface area contributed by atoms with Crippen molar-refractivity contribution in [2.75, 3.05) is 13.1 Å². The zero-order chi connectivity index (χ0) is 9.47. The molecule has 0 atom stereocenters. The second-order valence-electron chi connectivity index (χ2n) is 4.28. The third-order valence-electron chi connectivity index (χ3n) is 3.40. The van der Waals surface area contributed by atoms with Crippen LogP contribution in [0.2, 0.25) is 0 Å². The Labute approximate surface area is 91.6 Å². The summed E-state index contributed by atoms with van der Waals surface area (Å²) in [5.41, 5.74) is 0.526. The van der Waals surface area contributed by atoms with Crippen molar-refractivity contribution in [3.63, 3.8) is 0 Å².